The number of hydrogen-bond donors (Lipinski definition) is 2. The highest BCUT2D eigenvalue weighted by molar-refractivity contribution is 5.90. The molecule has 0 saturated carbocycles. The summed E-state index contributed by atoms with van der Waals surface area (Å²) in [6, 6.07) is 15.3. The zero-order valence-electron chi connectivity index (χ0n) is 17.5. The minimum Gasteiger partial charge on any atom is -0.338 e. The van der Waals surface area contributed by atoms with Gasteiger partial charge in [-0.2, -0.15) is 4.98 Å². The van der Waals surface area contributed by atoms with E-state index < -0.39 is 6.17 Å². The van der Waals surface area contributed by atoms with Crippen LogP contribution in [0.3, 0.4) is 0 Å². The number of piperidine rings is 1. The molecular weight excluding hydrogens is 395 g/mol. The maximum absolute atomic E-state index is 15.0. The van der Waals surface area contributed by atoms with Crippen LogP contribution in [0.5, 0.6) is 0 Å². The summed E-state index contributed by atoms with van der Waals surface area (Å²) < 4.78 is 15.0. The van der Waals surface area contributed by atoms with Crippen molar-refractivity contribution in [3.05, 3.63) is 66.0 Å². The van der Waals surface area contributed by atoms with Gasteiger partial charge in [-0.05, 0) is 36.6 Å². The Bertz CT molecular complexity index is 1060. The van der Waals surface area contributed by atoms with Crippen molar-refractivity contribution in [3.63, 3.8) is 0 Å². The first kappa shape index (κ1) is 20.7. The van der Waals surface area contributed by atoms with E-state index in [2.05, 4.69) is 25.6 Å². The lowest BCUT2D eigenvalue weighted by Crippen LogP contribution is -2.41. The van der Waals surface area contributed by atoms with E-state index in [-0.39, 0.29) is 18.4 Å². The molecule has 8 heteroatoms. The van der Waals surface area contributed by atoms with E-state index in [1.165, 1.54) is 13.3 Å². The monoisotopic (exact) mass is 420 g/mol. The van der Waals surface area contributed by atoms with Crippen LogP contribution >= 0.6 is 0 Å². The van der Waals surface area contributed by atoms with Gasteiger partial charge in [0.05, 0.1) is 6.54 Å². The lowest BCUT2D eigenvalue weighted by atomic mass is 9.88. The SMILES string of the molecule is CC(=O)Nc1cccc(Nc2ncnc(N3CCC(c4ccccc4)C(F)C3)n2)c1C. The molecular formula is C23H25FN6O. The molecule has 3 aromatic rings. The van der Waals surface area contributed by atoms with Crippen LogP contribution in [0.15, 0.2) is 54.9 Å². The molecule has 31 heavy (non-hydrogen) atoms. The second kappa shape index (κ2) is 9.07. The Labute approximate surface area is 180 Å². The van der Waals surface area contributed by atoms with Crippen molar-refractivity contribution < 1.29 is 9.18 Å². The van der Waals surface area contributed by atoms with E-state index >= 15 is 0 Å². The number of carbonyl (C=O) groups is 1. The number of nitrogens with zero attached hydrogens (tertiary/aromatic N) is 4. The lowest BCUT2D eigenvalue weighted by molar-refractivity contribution is -0.114. The standard InChI is InChI=1S/C23H25FN6O/c1-15-20(27-16(2)31)9-6-10-21(15)28-22-25-14-26-23(29-22)30-12-11-18(19(24)13-30)17-7-4-3-5-8-17/h3-10,14,18-19H,11-13H2,1-2H3,(H,27,31)(H,25,26,28,29). The number of aromatic nitrogens is 3. The van der Waals surface area contributed by atoms with Gasteiger partial charge < -0.3 is 15.5 Å². The van der Waals surface area contributed by atoms with Gasteiger partial charge in [0.2, 0.25) is 17.8 Å². The van der Waals surface area contributed by atoms with E-state index in [1.54, 1.807) is 0 Å². The number of benzene rings is 2. The molecule has 1 aliphatic heterocycles. The number of nitrogens with one attached hydrogen (secondary N) is 2. The van der Waals surface area contributed by atoms with Crippen LogP contribution in [-0.4, -0.2) is 40.1 Å². The minimum absolute atomic E-state index is 0.115. The number of rotatable bonds is 5. The molecule has 0 bridgehead atoms. The van der Waals surface area contributed by atoms with E-state index in [0.29, 0.717) is 24.9 Å². The summed E-state index contributed by atoms with van der Waals surface area (Å²) in [4.78, 5) is 26.2. The summed E-state index contributed by atoms with van der Waals surface area (Å²) in [6.45, 7) is 4.27. The van der Waals surface area contributed by atoms with Crippen molar-refractivity contribution in [2.24, 2.45) is 0 Å². The van der Waals surface area contributed by atoms with Crippen LogP contribution < -0.4 is 15.5 Å². The molecule has 2 N–H and O–H groups in total. The summed E-state index contributed by atoms with van der Waals surface area (Å²) in [5.41, 5.74) is 3.39. The average Bonchev–Trinajstić information content (AvgIpc) is 2.77. The zero-order valence-corrected chi connectivity index (χ0v) is 17.5. The fourth-order valence-electron chi connectivity index (χ4n) is 3.88. The Balaban J connectivity index is 1.48. The minimum atomic E-state index is -0.999. The van der Waals surface area contributed by atoms with Gasteiger partial charge in [0, 0.05) is 30.8 Å². The smallest absolute Gasteiger partial charge is 0.232 e. The molecule has 160 valence electrons. The van der Waals surface area contributed by atoms with Crippen molar-refractivity contribution in [2.75, 3.05) is 28.6 Å². The molecule has 1 aliphatic rings. The molecule has 1 aromatic heterocycles. The fourth-order valence-corrected chi connectivity index (χ4v) is 3.88. The van der Waals surface area contributed by atoms with Crippen LogP contribution in [0.4, 0.5) is 27.7 Å². The highest BCUT2D eigenvalue weighted by atomic mass is 19.1. The average molecular weight is 420 g/mol. The van der Waals surface area contributed by atoms with Crippen molar-refractivity contribution in [1.82, 2.24) is 15.0 Å². The first-order chi connectivity index (χ1) is 15.0. The van der Waals surface area contributed by atoms with Crippen LogP contribution in [0, 0.1) is 6.92 Å². The first-order valence-corrected chi connectivity index (χ1v) is 10.3. The third-order valence-electron chi connectivity index (χ3n) is 5.50. The third-order valence-corrected chi connectivity index (χ3v) is 5.50. The number of amides is 1. The summed E-state index contributed by atoms with van der Waals surface area (Å²) >= 11 is 0. The molecule has 1 amide bonds. The molecule has 0 spiro atoms. The number of halogens is 1. The predicted molar refractivity (Wildman–Crippen MR) is 120 cm³/mol. The molecule has 0 aliphatic carbocycles. The zero-order chi connectivity index (χ0) is 21.8. The Morgan fingerprint density at radius 1 is 1.10 bits per heavy atom. The van der Waals surface area contributed by atoms with Gasteiger partial charge in [-0.3, -0.25) is 4.79 Å². The van der Waals surface area contributed by atoms with Crippen LogP contribution in [0.2, 0.25) is 0 Å². The number of carbonyl (C=O) groups excluding carboxylic acids is 1. The fraction of sp³-hybridized carbons (Fsp3) is 0.304. The topological polar surface area (TPSA) is 83.0 Å². The molecule has 4 rings (SSSR count). The third kappa shape index (κ3) is 4.79. The second-order valence-electron chi connectivity index (χ2n) is 7.66. The van der Waals surface area contributed by atoms with Crippen molar-refractivity contribution in [1.29, 1.82) is 0 Å². The van der Waals surface area contributed by atoms with Crippen molar-refractivity contribution in [3.8, 4) is 0 Å². The van der Waals surface area contributed by atoms with Crippen molar-refractivity contribution >= 4 is 29.2 Å². The van der Waals surface area contributed by atoms with Gasteiger partial charge in [-0.1, -0.05) is 36.4 Å². The molecule has 1 saturated heterocycles. The number of anilines is 4. The van der Waals surface area contributed by atoms with Gasteiger partial charge in [0.25, 0.3) is 0 Å². The Morgan fingerprint density at radius 2 is 1.87 bits per heavy atom. The summed E-state index contributed by atoms with van der Waals surface area (Å²) in [7, 11) is 0. The number of alkyl halides is 1. The van der Waals surface area contributed by atoms with Crippen LogP contribution in [0.1, 0.15) is 30.4 Å². The van der Waals surface area contributed by atoms with Gasteiger partial charge in [-0.25, -0.2) is 14.4 Å². The quantitative estimate of drug-likeness (QED) is 0.643. The van der Waals surface area contributed by atoms with E-state index in [4.69, 9.17) is 0 Å². The highest BCUT2D eigenvalue weighted by Gasteiger charge is 2.31. The molecule has 2 unspecified atom stereocenters. The molecule has 2 heterocycles. The number of hydrogen-bond acceptors (Lipinski definition) is 6. The van der Waals surface area contributed by atoms with Gasteiger partial charge in [0.1, 0.15) is 12.5 Å². The first-order valence-electron chi connectivity index (χ1n) is 10.3. The van der Waals surface area contributed by atoms with E-state index in [0.717, 1.165) is 22.5 Å². The van der Waals surface area contributed by atoms with E-state index in [9.17, 15) is 9.18 Å². The second-order valence-corrected chi connectivity index (χ2v) is 7.66. The van der Waals surface area contributed by atoms with Gasteiger partial charge >= 0.3 is 0 Å². The Morgan fingerprint density at radius 3 is 2.61 bits per heavy atom. The molecule has 0 radical (unpaired) electrons. The normalized spacial score (nSPS) is 18.5. The maximum atomic E-state index is 15.0. The maximum Gasteiger partial charge on any atom is 0.232 e. The summed E-state index contributed by atoms with van der Waals surface area (Å²) in [5, 5.41) is 5.98. The van der Waals surface area contributed by atoms with Crippen LogP contribution in [-0.2, 0) is 4.79 Å². The van der Waals surface area contributed by atoms with Crippen LogP contribution in [0.25, 0.3) is 0 Å². The molecule has 2 atom stereocenters. The largest absolute Gasteiger partial charge is 0.338 e. The van der Waals surface area contributed by atoms with Crippen molar-refractivity contribution in [2.45, 2.75) is 32.4 Å². The lowest BCUT2D eigenvalue weighted by Gasteiger charge is -2.34. The summed E-state index contributed by atoms with van der Waals surface area (Å²) in [5.74, 6) is 0.564. The van der Waals surface area contributed by atoms with Gasteiger partial charge in [-0.15, -0.1) is 0 Å². The predicted octanol–water partition coefficient (Wildman–Crippen LogP) is 4.21. The molecule has 1 fully saturated rings. The van der Waals surface area contributed by atoms with E-state index in [1.807, 2.05) is 60.4 Å². The van der Waals surface area contributed by atoms with Gasteiger partial charge in [0.15, 0.2) is 0 Å². The highest BCUT2D eigenvalue weighted by Crippen LogP contribution is 2.32. The molecule has 2 aromatic carbocycles. The summed E-state index contributed by atoms with van der Waals surface area (Å²) in [6.07, 6.45) is 1.12. The Kier molecular flexibility index (Phi) is 6.06. The Hall–Kier alpha value is -3.55. The molecule has 7 nitrogen and oxygen atoms in total.